The molecular formula is C22H22Cl2N3NaO4S. The third kappa shape index (κ3) is 5.32. The Morgan fingerprint density at radius 2 is 1.97 bits per heavy atom. The topological polar surface area (TPSA) is 87.5 Å². The van der Waals surface area contributed by atoms with E-state index in [1.807, 2.05) is 18.2 Å². The number of carbonyl (C=O) groups is 1. The Bertz CT molecular complexity index is 1260. The van der Waals surface area contributed by atoms with Gasteiger partial charge in [0, 0.05) is 32.2 Å². The standard InChI is InChI=1S/C22H23Cl2N3O4S.Na/c1-26(10-12-5-7-31-8-6-12)22-16(24)9-14-19(30)13-3-4-15(23)20(32-2)18(13)27(11-17(28)29)21(14)25-22;/h3-4,9,12H,5-8,10-11H2,1-2H3,(H,28,29);/q;+1/p-1. The molecule has 0 radical (unpaired) electrons. The van der Waals surface area contributed by atoms with Crippen molar-refractivity contribution in [3.05, 3.63) is 38.5 Å². The molecule has 0 unspecified atom stereocenters. The van der Waals surface area contributed by atoms with Crippen LogP contribution in [-0.4, -0.2) is 48.6 Å². The molecule has 0 bridgehead atoms. The molecule has 0 atom stereocenters. The van der Waals surface area contributed by atoms with Crippen molar-refractivity contribution in [1.29, 1.82) is 0 Å². The second-order valence-electron chi connectivity index (χ2n) is 7.87. The number of benzene rings is 1. The maximum Gasteiger partial charge on any atom is 1.00 e. The molecule has 1 saturated heterocycles. The molecule has 0 N–H and O–H groups in total. The van der Waals surface area contributed by atoms with Gasteiger partial charge in [-0.3, -0.25) is 4.79 Å². The van der Waals surface area contributed by atoms with Crippen molar-refractivity contribution in [3.63, 3.8) is 0 Å². The Balaban J connectivity index is 0.00000306. The Kier molecular flexibility index (Phi) is 9.00. The van der Waals surface area contributed by atoms with Crippen LogP contribution in [0.15, 0.2) is 27.9 Å². The van der Waals surface area contributed by atoms with Gasteiger partial charge in [0.05, 0.1) is 38.4 Å². The molecule has 3 aromatic rings. The van der Waals surface area contributed by atoms with Crippen LogP contribution in [0.1, 0.15) is 12.8 Å². The van der Waals surface area contributed by atoms with Gasteiger partial charge in [0.1, 0.15) is 11.5 Å². The van der Waals surface area contributed by atoms with E-state index in [1.54, 1.807) is 18.2 Å². The summed E-state index contributed by atoms with van der Waals surface area (Å²) in [5.74, 6) is -0.368. The number of anilines is 1. The number of hydrogen-bond acceptors (Lipinski definition) is 7. The summed E-state index contributed by atoms with van der Waals surface area (Å²) in [6.07, 6.45) is 3.72. The number of carboxylic acids is 1. The van der Waals surface area contributed by atoms with Gasteiger partial charge in [0.15, 0.2) is 5.43 Å². The third-order valence-corrected chi connectivity index (χ3v) is 7.29. The van der Waals surface area contributed by atoms with Gasteiger partial charge in [-0.25, -0.2) is 4.98 Å². The van der Waals surface area contributed by atoms with Crippen LogP contribution in [0.25, 0.3) is 21.9 Å². The summed E-state index contributed by atoms with van der Waals surface area (Å²) in [6.45, 7) is 1.71. The van der Waals surface area contributed by atoms with E-state index in [9.17, 15) is 14.7 Å². The van der Waals surface area contributed by atoms with Gasteiger partial charge in [-0.05, 0) is 43.2 Å². The van der Waals surface area contributed by atoms with Gasteiger partial charge >= 0.3 is 29.6 Å². The van der Waals surface area contributed by atoms with E-state index in [-0.39, 0.29) is 46.0 Å². The molecule has 1 aliphatic heterocycles. The number of nitrogens with zero attached hydrogens (tertiary/aromatic N) is 3. The predicted octanol–water partition coefficient (Wildman–Crippen LogP) is 0.195. The maximum atomic E-state index is 13.3. The zero-order chi connectivity index (χ0) is 23.0. The van der Waals surface area contributed by atoms with Crippen LogP contribution in [0.3, 0.4) is 0 Å². The van der Waals surface area contributed by atoms with Crippen molar-refractivity contribution in [3.8, 4) is 0 Å². The SMILES string of the molecule is CSc1c(Cl)ccc2c(=O)c3cc(Cl)c(N(C)CC4CCOCC4)nc3n(CC(=O)[O-])c12.[Na+]. The van der Waals surface area contributed by atoms with Crippen molar-refractivity contribution in [2.75, 3.05) is 38.0 Å². The van der Waals surface area contributed by atoms with E-state index in [4.69, 9.17) is 32.9 Å². The van der Waals surface area contributed by atoms with Crippen molar-refractivity contribution in [2.24, 2.45) is 5.92 Å². The Labute approximate surface area is 227 Å². The number of aliphatic carboxylic acids is 1. The number of halogens is 2. The number of ether oxygens (including phenoxy) is 1. The Morgan fingerprint density at radius 1 is 1.27 bits per heavy atom. The fraction of sp³-hybridized carbons (Fsp3) is 0.409. The summed E-state index contributed by atoms with van der Waals surface area (Å²) in [5.41, 5.74) is 0.395. The first-order chi connectivity index (χ1) is 15.3. The fourth-order valence-corrected chi connectivity index (χ4v) is 5.60. The molecule has 0 amide bonds. The van der Waals surface area contributed by atoms with Crippen LogP contribution < -0.4 is 45.0 Å². The summed E-state index contributed by atoms with van der Waals surface area (Å²) in [7, 11) is 1.89. The van der Waals surface area contributed by atoms with Crippen LogP contribution in [0.4, 0.5) is 5.82 Å². The van der Waals surface area contributed by atoms with E-state index in [1.165, 1.54) is 16.3 Å². The van der Waals surface area contributed by atoms with E-state index in [0.29, 0.717) is 37.6 Å². The predicted molar refractivity (Wildman–Crippen MR) is 127 cm³/mol. The molecule has 4 rings (SSSR count). The van der Waals surface area contributed by atoms with Gasteiger partial charge in [-0.1, -0.05) is 23.2 Å². The second-order valence-corrected chi connectivity index (χ2v) is 9.50. The van der Waals surface area contributed by atoms with E-state index < -0.39 is 12.5 Å². The molecule has 1 aromatic carbocycles. The van der Waals surface area contributed by atoms with Crippen molar-refractivity contribution < 1.29 is 44.2 Å². The van der Waals surface area contributed by atoms with Gasteiger partial charge < -0.3 is 24.1 Å². The summed E-state index contributed by atoms with van der Waals surface area (Å²) in [4.78, 5) is 32.2. The monoisotopic (exact) mass is 517 g/mol. The summed E-state index contributed by atoms with van der Waals surface area (Å²) < 4.78 is 6.92. The zero-order valence-electron chi connectivity index (χ0n) is 18.7. The second kappa shape index (κ2) is 11.2. The summed E-state index contributed by atoms with van der Waals surface area (Å²) in [5, 5.41) is 13.0. The number of fused-ring (bicyclic) bond motifs is 2. The third-order valence-electron chi connectivity index (χ3n) is 5.76. The minimum atomic E-state index is -1.29. The van der Waals surface area contributed by atoms with Crippen LogP contribution in [-0.2, 0) is 16.1 Å². The van der Waals surface area contributed by atoms with Crippen molar-refractivity contribution in [2.45, 2.75) is 24.3 Å². The maximum absolute atomic E-state index is 13.3. The number of aromatic nitrogens is 2. The van der Waals surface area contributed by atoms with Crippen molar-refractivity contribution in [1.82, 2.24) is 9.55 Å². The molecule has 0 aliphatic carbocycles. The average molecular weight is 518 g/mol. The van der Waals surface area contributed by atoms with Gasteiger partial charge in [-0.2, -0.15) is 0 Å². The molecule has 3 heterocycles. The quantitative estimate of drug-likeness (QED) is 0.262. The molecule has 11 heteroatoms. The van der Waals surface area contributed by atoms with Gasteiger partial charge in [-0.15, -0.1) is 11.8 Å². The van der Waals surface area contributed by atoms with E-state index in [0.717, 1.165) is 32.6 Å². The fourth-order valence-electron chi connectivity index (χ4n) is 4.24. The van der Waals surface area contributed by atoms with E-state index >= 15 is 0 Å². The normalized spacial score (nSPS) is 14.4. The molecular weight excluding hydrogens is 496 g/mol. The number of carboxylic acid groups (broad SMARTS) is 1. The molecule has 1 fully saturated rings. The van der Waals surface area contributed by atoms with E-state index in [2.05, 4.69) is 0 Å². The first kappa shape index (κ1) is 26.6. The number of rotatable bonds is 6. The van der Waals surface area contributed by atoms with Crippen LogP contribution in [0, 0.1) is 5.92 Å². The molecule has 170 valence electrons. The molecule has 2 aromatic heterocycles. The Hall–Kier alpha value is -1.00. The van der Waals surface area contributed by atoms with Gasteiger partial charge in [0.25, 0.3) is 0 Å². The van der Waals surface area contributed by atoms with Crippen LogP contribution >= 0.6 is 35.0 Å². The summed E-state index contributed by atoms with van der Waals surface area (Å²) >= 11 is 14.3. The number of thioether (sulfide) groups is 1. The minimum Gasteiger partial charge on any atom is -0.548 e. The zero-order valence-corrected chi connectivity index (χ0v) is 23.0. The molecule has 0 saturated carbocycles. The number of pyridine rings is 2. The molecule has 33 heavy (non-hydrogen) atoms. The first-order valence-electron chi connectivity index (χ1n) is 10.2. The van der Waals surface area contributed by atoms with Crippen LogP contribution in [0.2, 0.25) is 10.0 Å². The Morgan fingerprint density at radius 3 is 2.61 bits per heavy atom. The molecule has 0 spiro atoms. The number of hydrogen-bond donors (Lipinski definition) is 0. The van der Waals surface area contributed by atoms with Crippen molar-refractivity contribution >= 4 is 68.7 Å². The number of carbonyl (C=O) groups excluding carboxylic acids is 1. The van der Waals surface area contributed by atoms with Crippen LogP contribution in [0.5, 0.6) is 0 Å². The van der Waals surface area contributed by atoms with Gasteiger partial charge in [0.2, 0.25) is 0 Å². The minimum absolute atomic E-state index is 0. The largest absolute Gasteiger partial charge is 1.00 e. The smallest absolute Gasteiger partial charge is 0.548 e. The average Bonchev–Trinajstić information content (AvgIpc) is 2.76. The summed E-state index contributed by atoms with van der Waals surface area (Å²) in [6, 6.07) is 4.81. The molecule has 7 nitrogen and oxygen atoms in total. The molecule has 1 aliphatic rings. The first-order valence-corrected chi connectivity index (χ1v) is 12.2.